The molecule has 3 heteroatoms. The molecule has 0 aliphatic heterocycles. The molecular formula is C16H29NO2. The predicted molar refractivity (Wildman–Crippen MR) is 76.7 cm³/mol. The first-order valence-electron chi connectivity index (χ1n) is 8.16. The summed E-state index contributed by atoms with van der Waals surface area (Å²) in [4.78, 5) is 14.5. The summed E-state index contributed by atoms with van der Waals surface area (Å²) in [6.45, 7) is 3.49. The molecule has 0 saturated heterocycles. The molecule has 3 nitrogen and oxygen atoms in total. The molecule has 0 aromatic rings. The Morgan fingerprint density at radius 2 is 1.84 bits per heavy atom. The minimum atomic E-state index is 0.0878. The number of carbonyl (C=O) groups is 1. The summed E-state index contributed by atoms with van der Waals surface area (Å²) in [5, 5.41) is 9.10. The van der Waals surface area contributed by atoms with Crippen molar-refractivity contribution in [2.45, 2.75) is 58.3 Å². The van der Waals surface area contributed by atoms with Crippen molar-refractivity contribution in [2.24, 2.45) is 17.8 Å². The molecule has 3 atom stereocenters. The molecule has 2 fully saturated rings. The van der Waals surface area contributed by atoms with E-state index in [1.807, 2.05) is 4.90 Å². The quantitative estimate of drug-likeness (QED) is 0.832. The van der Waals surface area contributed by atoms with Gasteiger partial charge in [0, 0.05) is 19.0 Å². The van der Waals surface area contributed by atoms with Crippen LogP contribution in [0, 0.1) is 17.8 Å². The van der Waals surface area contributed by atoms with E-state index in [2.05, 4.69) is 6.92 Å². The van der Waals surface area contributed by atoms with Gasteiger partial charge in [-0.25, -0.2) is 0 Å². The van der Waals surface area contributed by atoms with E-state index in [-0.39, 0.29) is 12.5 Å². The van der Waals surface area contributed by atoms with Crippen LogP contribution in [0.15, 0.2) is 0 Å². The summed E-state index contributed by atoms with van der Waals surface area (Å²) in [6, 6.07) is 0. The van der Waals surface area contributed by atoms with Crippen LogP contribution in [-0.2, 0) is 4.79 Å². The van der Waals surface area contributed by atoms with E-state index in [9.17, 15) is 4.79 Å². The lowest BCUT2D eigenvalue weighted by molar-refractivity contribution is -0.138. The van der Waals surface area contributed by atoms with Crippen molar-refractivity contribution in [3.63, 3.8) is 0 Å². The van der Waals surface area contributed by atoms with Crippen molar-refractivity contribution in [3.8, 4) is 0 Å². The molecule has 0 bridgehead atoms. The highest BCUT2D eigenvalue weighted by atomic mass is 16.3. The number of hydrogen-bond donors (Lipinski definition) is 1. The highest BCUT2D eigenvalue weighted by Crippen LogP contribution is 2.43. The van der Waals surface area contributed by atoms with Gasteiger partial charge in [-0.2, -0.15) is 0 Å². The lowest BCUT2D eigenvalue weighted by Crippen LogP contribution is -2.41. The Balaban J connectivity index is 1.91. The van der Waals surface area contributed by atoms with E-state index in [1.54, 1.807) is 0 Å². The van der Waals surface area contributed by atoms with Crippen LogP contribution in [0.1, 0.15) is 58.3 Å². The number of aliphatic hydroxyl groups is 1. The fourth-order valence-electron chi connectivity index (χ4n) is 4.08. The molecule has 1 N–H and O–H groups in total. The predicted octanol–water partition coefficient (Wildman–Crippen LogP) is 2.82. The fraction of sp³-hybridized carbons (Fsp3) is 0.938. The second-order valence-corrected chi connectivity index (χ2v) is 6.36. The molecular weight excluding hydrogens is 238 g/mol. The van der Waals surface area contributed by atoms with Crippen molar-refractivity contribution in [2.75, 3.05) is 19.7 Å². The maximum Gasteiger partial charge on any atom is 0.225 e. The third-order valence-corrected chi connectivity index (χ3v) is 5.06. The number of aliphatic hydroxyl groups excluding tert-OH is 1. The Bertz CT molecular complexity index is 286. The largest absolute Gasteiger partial charge is 0.395 e. The van der Waals surface area contributed by atoms with Crippen LogP contribution < -0.4 is 0 Å². The molecule has 0 heterocycles. The summed E-state index contributed by atoms with van der Waals surface area (Å²) in [5.41, 5.74) is 0. The van der Waals surface area contributed by atoms with Gasteiger partial charge < -0.3 is 10.0 Å². The van der Waals surface area contributed by atoms with E-state index < -0.39 is 0 Å². The van der Waals surface area contributed by atoms with Crippen LogP contribution in [-0.4, -0.2) is 35.6 Å². The van der Waals surface area contributed by atoms with Gasteiger partial charge >= 0.3 is 0 Å². The summed E-state index contributed by atoms with van der Waals surface area (Å²) < 4.78 is 0. The zero-order valence-electron chi connectivity index (χ0n) is 12.3. The Morgan fingerprint density at radius 3 is 2.53 bits per heavy atom. The number of carbonyl (C=O) groups excluding carboxylic acids is 1. The topological polar surface area (TPSA) is 40.5 Å². The number of amides is 1. The molecule has 19 heavy (non-hydrogen) atoms. The SMILES string of the molecule is CCCN(CCO)C(=O)C1CCC2CCCCC2C1. The monoisotopic (exact) mass is 267 g/mol. The van der Waals surface area contributed by atoms with Gasteiger partial charge in [-0.15, -0.1) is 0 Å². The van der Waals surface area contributed by atoms with Crippen molar-refractivity contribution in [1.29, 1.82) is 0 Å². The Hall–Kier alpha value is -0.570. The molecule has 2 aliphatic rings. The summed E-state index contributed by atoms with van der Waals surface area (Å²) in [7, 11) is 0. The van der Waals surface area contributed by atoms with Crippen molar-refractivity contribution < 1.29 is 9.90 Å². The van der Waals surface area contributed by atoms with E-state index >= 15 is 0 Å². The molecule has 2 saturated carbocycles. The van der Waals surface area contributed by atoms with Gasteiger partial charge in [0.05, 0.1) is 6.61 Å². The van der Waals surface area contributed by atoms with Crippen molar-refractivity contribution in [3.05, 3.63) is 0 Å². The molecule has 2 rings (SSSR count). The van der Waals surface area contributed by atoms with Gasteiger partial charge in [0.1, 0.15) is 0 Å². The number of fused-ring (bicyclic) bond motifs is 1. The second kappa shape index (κ2) is 7.28. The van der Waals surface area contributed by atoms with Crippen molar-refractivity contribution in [1.82, 2.24) is 4.90 Å². The molecule has 0 aromatic carbocycles. The molecule has 3 unspecified atom stereocenters. The lowest BCUT2D eigenvalue weighted by atomic mass is 9.67. The highest BCUT2D eigenvalue weighted by molar-refractivity contribution is 5.79. The summed E-state index contributed by atoms with van der Waals surface area (Å²) in [6.07, 6.45) is 9.89. The molecule has 1 amide bonds. The summed E-state index contributed by atoms with van der Waals surface area (Å²) in [5.74, 6) is 2.24. The average molecular weight is 267 g/mol. The summed E-state index contributed by atoms with van der Waals surface area (Å²) >= 11 is 0. The molecule has 0 radical (unpaired) electrons. The smallest absolute Gasteiger partial charge is 0.225 e. The van der Waals surface area contributed by atoms with E-state index in [1.165, 1.54) is 32.1 Å². The third kappa shape index (κ3) is 3.71. The zero-order valence-corrected chi connectivity index (χ0v) is 12.3. The third-order valence-electron chi connectivity index (χ3n) is 5.06. The second-order valence-electron chi connectivity index (χ2n) is 6.36. The first-order chi connectivity index (χ1) is 9.26. The molecule has 110 valence electrons. The minimum absolute atomic E-state index is 0.0878. The van der Waals surface area contributed by atoms with Gasteiger partial charge in [-0.3, -0.25) is 4.79 Å². The van der Waals surface area contributed by atoms with Gasteiger partial charge in [0.15, 0.2) is 0 Å². The molecule has 2 aliphatic carbocycles. The van der Waals surface area contributed by atoms with Gasteiger partial charge in [0.25, 0.3) is 0 Å². The highest BCUT2D eigenvalue weighted by Gasteiger charge is 2.36. The fourth-order valence-corrected chi connectivity index (χ4v) is 4.08. The van der Waals surface area contributed by atoms with Gasteiger partial charge in [-0.05, 0) is 37.5 Å². The normalized spacial score (nSPS) is 30.7. The zero-order chi connectivity index (χ0) is 13.7. The van der Waals surface area contributed by atoms with Crippen LogP contribution in [0.3, 0.4) is 0 Å². The van der Waals surface area contributed by atoms with Crippen LogP contribution >= 0.6 is 0 Å². The molecule has 0 aromatic heterocycles. The molecule has 0 spiro atoms. The van der Waals surface area contributed by atoms with Crippen LogP contribution in [0.2, 0.25) is 0 Å². The van der Waals surface area contributed by atoms with Crippen molar-refractivity contribution >= 4 is 5.91 Å². The Morgan fingerprint density at radius 1 is 1.11 bits per heavy atom. The standard InChI is InChI=1S/C16H29NO2/c1-2-9-17(10-11-18)16(19)15-8-7-13-5-3-4-6-14(13)12-15/h13-15,18H,2-12H2,1H3. The first-order valence-corrected chi connectivity index (χ1v) is 8.16. The Kier molecular flexibility index (Phi) is 5.68. The lowest BCUT2D eigenvalue weighted by Gasteiger charge is -2.40. The van der Waals surface area contributed by atoms with E-state index in [0.29, 0.717) is 12.5 Å². The Labute approximate surface area is 117 Å². The van der Waals surface area contributed by atoms with Crippen LogP contribution in [0.25, 0.3) is 0 Å². The minimum Gasteiger partial charge on any atom is -0.395 e. The maximum atomic E-state index is 12.6. The van der Waals surface area contributed by atoms with Gasteiger partial charge in [0.2, 0.25) is 5.91 Å². The van der Waals surface area contributed by atoms with E-state index in [0.717, 1.165) is 37.6 Å². The first kappa shape index (κ1) is 14.8. The maximum absolute atomic E-state index is 12.6. The number of rotatable bonds is 5. The van der Waals surface area contributed by atoms with E-state index in [4.69, 9.17) is 5.11 Å². The van der Waals surface area contributed by atoms with Gasteiger partial charge in [-0.1, -0.05) is 32.6 Å². The number of hydrogen-bond acceptors (Lipinski definition) is 2. The van der Waals surface area contributed by atoms with Crippen LogP contribution in [0.4, 0.5) is 0 Å². The number of nitrogens with zero attached hydrogens (tertiary/aromatic N) is 1. The van der Waals surface area contributed by atoms with Crippen LogP contribution in [0.5, 0.6) is 0 Å². The average Bonchev–Trinajstić information content (AvgIpc) is 2.46.